The summed E-state index contributed by atoms with van der Waals surface area (Å²) >= 11 is 4.25. The fourth-order valence-electron chi connectivity index (χ4n) is 0.945. The van der Waals surface area contributed by atoms with E-state index in [0.717, 1.165) is 15.9 Å². The summed E-state index contributed by atoms with van der Waals surface area (Å²) in [5.41, 5.74) is 1.97. The maximum absolute atomic E-state index is 4.25. The predicted octanol–water partition coefficient (Wildman–Crippen LogP) is 1.85. The number of aromatic nitrogens is 2. The summed E-state index contributed by atoms with van der Waals surface area (Å²) < 4.78 is 0. The molecule has 2 rings (SSSR count). The van der Waals surface area contributed by atoms with Gasteiger partial charge in [0.05, 0.1) is 11.0 Å². The van der Waals surface area contributed by atoms with Crippen molar-refractivity contribution in [3.8, 4) is 0 Å². The number of hydrogen-bond acceptors (Lipinski definition) is 2. The monoisotopic (exact) mass is 150 g/mol. The van der Waals surface area contributed by atoms with E-state index in [2.05, 4.69) is 22.6 Å². The summed E-state index contributed by atoms with van der Waals surface area (Å²) in [5, 5.41) is 0. The molecule has 2 heterocycles. The van der Waals surface area contributed by atoms with Crippen LogP contribution >= 0.6 is 12.6 Å². The Kier molecular flexibility index (Phi) is 1.17. The highest BCUT2D eigenvalue weighted by atomic mass is 32.1. The molecular formula is C7H6N2S. The number of rotatable bonds is 0. The summed E-state index contributed by atoms with van der Waals surface area (Å²) in [6.45, 7) is 0. The van der Waals surface area contributed by atoms with E-state index in [4.69, 9.17) is 0 Å². The maximum atomic E-state index is 4.25. The third-order valence-corrected chi connectivity index (χ3v) is 1.80. The highest BCUT2D eigenvalue weighted by Gasteiger charge is 1.96. The van der Waals surface area contributed by atoms with E-state index in [0.29, 0.717) is 0 Å². The van der Waals surface area contributed by atoms with Crippen LogP contribution in [0.15, 0.2) is 29.4 Å². The van der Waals surface area contributed by atoms with Gasteiger partial charge in [0.1, 0.15) is 0 Å². The molecule has 0 aliphatic rings. The van der Waals surface area contributed by atoms with Gasteiger partial charge in [0, 0.05) is 17.3 Å². The highest BCUT2D eigenvalue weighted by Crippen LogP contribution is 2.16. The van der Waals surface area contributed by atoms with Gasteiger partial charge in [-0.2, -0.15) is 0 Å². The van der Waals surface area contributed by atoms with Gasteiger partial charge in [-0.05, 0) is 12.1 Å². The lowest BCUT2D eigenvalue weighted by atomic mass is 10.4. The third-order valence-electron chi connectivity index (χ3n) is 1.43. The van der Waals surface area contributed by atoms with Crippen molar-refractivity contribution in [1.29, 1.82) is 0 Å². The molecule has 1 N–H and O–H groups in total. The van der Waals surface area contributed by atoms with Gasteiger partial charge in [0.15, 0.2) is 0 Å². The van der Waals surface area contributed by atoms with Crippen molar-refractivity contribution in [2.45, 2.75) is 4.90 Å². The molecule has 0 unspecified atom stereocenters. The first kappa shape index (κ1) is 5.80. The Morgan fingerprint density at radius 3 is 3.10 bits per heavy atom. The molecule has 3 heteroatoms. The van der Waals surface area contributed by atoms with Crippen molar-refractivity contribution in [2.75, 3.05) is 0 Å². The first-order chi connectivity index (χ1) is 4.88. The fraction of sp³-hybridized carbons (Fsp3) is 0. The molecule has 0 aliphatic heterocycles. The third kappa shape index (κ3) is 0.708. The standard InChI is InChI=1S/C7H6N2S/c10-6-2-4-8-5-1-3-9-7(5)6/h1-4,9H,(H,8,10). The lowest BCUT2D eigenvalue weighted by Crippen LogP contribution is -1.74. The predicted molar refractivity (Wildman–Crippen MR) is 43.3 cm³/mol. The van der Waals surface area contributed by atoms with Crippen LogP contribution < -0.4 is 0 Å². The van der Waals surface area contributed by atoms with E-state index in [1.807, 2.05) is 18.3 Å². The summed E-state index contributed by atoms with van der Waals surface area (Å²) in [5.74, 6) is 0. The van der Waals surface area contributed by atoms with Gasteiger partial charge in [-0.1, -0.05) is 0 Å². The second-order valence-electron chi connectivity index (χ2n) is 2.07. The van der Waals surface area contributed by atoms with Crippen LogP contribution in [0.5, 0.6) is 0 Å². The minimum atomic E-state index is 0.940. The quantitative estimate of drug-likeness (QED) is 0.551. The molecule has 0 bridgehead atoms. The lowest BCUT2D eigenvalue weighted by molar-refractivity contribution is 1.33. The van der Waals surface area contributed by atoms with Gasteiger partial charge in [-0.25, -0.2) is 0 Å². The van der Waals surface area contributed by atoms with Crippen LogP contribution in [0.2, 0.25) is 0 Å². The summed E-state index contributed by atoms with van der Waals surface area (Å²) in [6, 6.07) is 3.79. The minimum absolute atomic E-state index is 0.940. The van der Waals surface area contributed by atoms with Crippen molar-refractivity contribution < 1.29 is 0 Å². The Hall–Kier alpha value is -0.960. The van der Waals surface area contributed by atoms with Gasteiger partial charge in [0.25, 0.3) is 0 Å². The molecule has 2 aromatic heterocycles. The second kappa shape index (κ2) is 2.02. The van der Waals surface area contributed by atoms with Crippen molar-refractivity contribution in [1.82, 2.24) is 9.97 Å². The number of pyridine rings is 1. The van der Waals surface area contributed by atoms with Crippen LogP contribution in [-0.4, -0.2) is 9.97 Å². The average Bonchev–Trinajstić information content (AvgIpc) is 2.36. The highest BCUT2D eigenvalue weighted by molar-refractivity contribution is 7.80. The molecule has 0 saturated carbocycles. The van der Waals surface area contributed by atoms with Crippen LogP contribution in [0.3, 0.4) is 0 Å². The lowest BCUT2D eigenvalue weighted by Gasteiger charge is -1.90. The molecule has 0 saturated heterocycles. The Morgan fingerprint density at radius 1 is 1.40 bits per heavy atom. The van der Waals surface area contributed by atoms with E-state index < -0.39 is 0 Å². The van der Waals surface area contributed by atoms with Crippen LogP contribution in [0, 0.1) is 0 Å². The van der Waals surface area contributed by atoms with E-state index in [1.165, 1.54) is 0 Å². The largest absolute Gasteiger partial charge is 0.359 e. The molecule has 0 fully saturated rings. The molecule has 0 spiro atoms. The van der Waals surface area contributed by atoms with Crippen molar-refractivity contribution >= 4 is 23.7 Å². The van der Waals surface area contributed by atoms with Crippen LogP contribution in [0.1, 0.15) is 0 Å². The van der Waals surface area contributed by atoms with Crippen LogP contribution in [0.4, 0.5) is 0 Å². The molecule has 0 aromatic carbocycles. The SMILES string of the molecule is Sc1ccnc2cc[nH]c12. The molecule has 0 atom stereocenters. The van der Waals surface area contributed by atoms with Gasteiger partial charge in [-0.15, -0.1) is 12.6 Å². The summed E-state index contributed by atoms with van der Waals surface area (Å²) in [7, 11) is 0. The van der Waals surface area contributed by atoms with E-state index >= 15 is 0 Å². The first-order valence-electron chi connectivity index (χ1n) is 2.99. The molecule has 10 heavy (non-hydrogen) atoms. The zero-order valence-electron chi connectivity index (χ0n) is 5.20. The Morgan fingerprint density at radius 2 is 2.30 bits per heavy atom. The number of fused-ring (bicyclic) bond motifs is 1. The van der Waals surface area contributed by atoms with E-state index in [-0.39, 0.29) is 0 Å². The van der Waals surface area contributed by atoms with Crippen molar-refractivity contribution in [2.24, 2.45) is 0 Å². The first-order valence-corrected chi connectivity index (χ1v) is 3.44. The van der Waals surface area contributed by atoms with Crippen molar-refractivity contribution in [3.63, 3.8) is 0 Å². The Bertz CT molecular complexity index is 353. The van der Waals surface area contributed by atoms with Gasteiger partial charge >= 0.3 is 0 Å². The molecular weight excluding hydrogens is 144 g/mol. The Balaban J connectivity index is 2.95. The topological polar surface area (TPSA) is 28.7 Å². The van der Waals surface area contributed by atoms with Gasteiger partial charge in [-0.3, -0.25) is 4.98 Å². The second-order valence-corrected chi connectivity index (χ2v) is 2.55. The molecule has 0 aliphatic carbocycles. The number of aromatic amines is 1. The molecule has 2 aromatic rings. The minimum Gasteiger partial charge on any atom is -0.359 e. The fourth-order valence-corrected chi connectivity index (χ4v) is 1.19. The number of H-pyrrole nitrogens is 1. The summed E-state index contributed by atoms with van der Waals surface area (Å²) in [6.07, 6.45) is 3.61. The number of nitrogens with one attached hydrogen (secondary N) is 1. The zero-order valence-corrected chi connectivity index (χ0v) is 6.10. The smallest absolute Gasteiger partial charge is 0.0890 e. The van der Waals surface area contributed by atoms with Crippen molar-refractivity contribution in [3.05, 3.63) is 24.5 Å². The average molecular weight is 150 g/mol. The number of nitrogens with zero attached hydrogens (tertiary/aromatic N) is 1. The van der Waals surface area contributed by atoms with E-state index in [9.17, 15) is 0 Å². The van der Waals surface area contributed by atoms with Gasteiger partial charge in [0.2, 0.25) is 0 Å². The summed E-state index contributed by atoms with van der Waals surface area (Å²) in [4.78, 5) is 8.11. The molecule has 0 radical (unpaired) electrons. The van der Waals surface area contributed by atoms with Gasteiger partial charge < -0.3 is 4.98 Å². The molecule has 50 valence electrons. The van der Waals surface area contributed by atoms with Crippen LogP contribution in [-0.2, 0) is 0 Å². The molecule has 2 nitrogen and oxygen atoms in total. The number of hydrogen-bond donors (Lipinski definition) is 2. The normalized spacial score (nSPS) is 10.5. The molecule has 0 amide bonds. The van der Waals surface area contributed by atoms with Crippen LogP contribution in [0.25, 0.3) is 11.0 Å². The number of thiol groups is 1. The zero-order chi connectivity index (χ0) is 6.97. The Labute approximate surface area is 63.7 Å². The maximum Gasteiger partial charge on any atom is 0.0890 e. The van der Waals surface area contributed by atoms with E-state index in [1.54, 1.807) is 6.20 Å².